The van der Waals surface area contributed by atoms with Gasteiger partial charge in [-0.3, -0.25) is 0 Å². The lowest BCUT2D eigenvalue weighted by Crippen LogP contribution is -2.40. The van der Waals surface area contributed by atoms with Gasteiger partial charge in [-0.25, -0.2) is 8.42 Å². The summed E-state index contributed by atoms with van der Waals surface area (Å²) >= 11 is 0. The van der Waals surface area contributed by atoms with Crippen LogP contribution in [-0.4, -0.2) is 51.1 Å². The molecule has 0 aliphatic carbocycles. The molecule has 20 heavy (non-hydrogen) atoms. The number of nitrogens with zero attached hydrogens (tertiary/aromatic N) is 1. The molecule has 0 amide bonds. The third-order valence-corrected chi connectivity index (χ3v) is 5.11. The first-order chi connectivity index (χ1) is 9.61. The third kappa shape index (κ3) is 4.47. The average Bonchev–Trinajstić information content (AvgIpc) is 2.45. The van der Waals surface area contributed by atoms with Crippen molar-refractivity contribution >= 4 is 9.84 Å². The molecule has 0 spiro atoms. The van der Waals surface area contributed by atoms with Crippen LogP contribution in [0, 0.1) is 0 Å². The molecule has 2 rings (SSSR count). The Morgan fingerprint density at radius 1 is 1.20 bits per heavy atom. The number of hydrogen-bond donors (Lipinski definition) is 1. The van der Waals surface area contributed by atoms with Gasteiger partial charge in [-0.05, 0) is 12.5 Å². The van der Waals surface area contributed by atoms with Gasteiger partial charge in [0, 0.05) is 31.7 Å². The highest BCUT2D eigenvalue weighted by Gasteiger charge is 2.20. The van der Waals surface area contributed by atoms with E-state index in [1.807, 2.05) is 24.3 Å². The molecule has 1 saturated heterocycles. The van der Waals surface area contributed by atoms with Crippen molar-refractivity contribution < 1.29 is 13.2 Å². The smallest absolute Gasteiger partial charge is 0.152 e. The molecular formula is C14H22N2O3S. The summed E-state index contributed by atoms with van der Waals surface area (Å²) in [5, 5.41) is 0. The largest absolute Gasteiger partial charge is 0.493 e. The molecule has 1 aromatic rings. The normalized spacial score (nSPS) is 18.9. The summed E-state index contributed by atoms with van der Waals surface area (Å²) in [6, 6.07) is 7.77. The molecule has 0 bridgehead atoms. The number of rotatable bonds is 6. The second-order valence-corrected chi connectivity index (χ2v) is 7.31. The van der Waals surface area contributed by atoms with Crippen LogP contribution in [0.15, 0.2) is 24.3 Å². The van der Waals surface area contributed by atoms with Gasteiger partial charge < -0.3 is 15.4 Å². The van der Waals surface area contributed by atoms with Crippen molar-refractivity contribution in [2.75, 3.05) is 37.7 Å². The highest BCUT2D eigenvalue weighted by molar-refractivity contribution is 7.91. The van der Waals surface area contributed by atoms with Crippen LogP contribution in [0.25, 0.3) is 0 Å². The van der Waals surface area contributed by atoms with Gasteiger partial charge in [-0.1, -0.05) is 18.2 Å². The molecule has 0 atom stereocenters. The molecule has 112 valence electrons. The predicted octanol–water partition coefficient (Wildman–Crippen LogP) is 0.645. The first-order valence-corrected chi connectivity index (χ1v) is 8.76. The number of para-hydroxylation sites is 1. The SMILES string of the molecule is NCc1ccccc1OCCCN1CCS(=O)(=O)CC1. The van der Waals surface area contributed by atoms with Gasteiger partial charge in [0.15, 0.2) is 9.84 Å². The van der Waals surface area contributed by atoms with Crippen LogP contribution in [0.2, 0.25) is 0 Å². The van der Waals surface area contributed by atoms with Crippen molar-refractivity contribution in [1.29, 1.82) is 0 Å². The predicted molar refractivity (Wildman–Crippen MR) is 79.5 cm³/mol. The fourth-order valence-corrected chi connectivity index (χ4v) is 3.53. The minimum absolute atomic E-state index is 0.282. The molecule has 6 heteroatoms. The van der Waals surface area contributed by atoms with Crippen molar-refractivity contribution in [3.8, 4) is 5.75 Å². The highest BCUT2D eigenvalue weighted by Crippen LogP contribution is 2.17. The van der Waals surface area contributed by atoms with Gasteiger partial charge in [0.05, 0.1) is 18.1 Å². The van der Waals surface area contributed by atoms with Gasteiger partial charge in [0.2, 0.25) is 0 Å². The second kappa shape index (κ2) is 7.06. The summed E-state index contributed by atoms with van der Waals surface area (Å²) in [7, 11) is -2.79. The Labute approximate surface area is 120 Å². The van der Waals surface area contributed by atoms with E-state index in [1.165, 1.54) is 0 Å². The molecule has 1 fully saturated rings. The molecule has 5 nitrogen and oxygen atoms in total. The average molecular weight is 298 g/mol. The minimum atomic E-state index is -2.79. The molecule has 0 aromatic heterocycles. The van der Waals surface area contributed by atoms with E-state index in [0.717, 1.165) is 24.3 Å². The Balaban J connectivity index is 1.69. The number of ether oxygens (including phenoxy) is 1. The first-order valence-electron chi connectivity index (χ1n) is 6.94. The Kier molecular flexibility index (Phi) is 5.39. The zero-order chi connectivity index (χ0) is 14.4. The molecule has 0 unspecified atom stereocenters. The van der Waals surface area contributed by atoms with Crippen LogP contribution in [0.3, 0.4) is 0 Å². The Morgan fingerprint density at radius 3 is 2.60 bits per heavy atom. The Bertz CT molecular complexity index is 517. The first kappa shape index (κ1) is 15.3. The maximum Gasteiger partial charge on any atom is 0.152 e. The number of benzene rings is 1. The summed E-state index contributed by atoms with van der Waals surface area (Å²) in [6.07, 6.45) is 0.888. The van der Waals surface area contributed by atoms with Crippen molar-refractivity contribution in [3.05, 3.63) is 29.8 Å². The van der Waals surface area contributed by atoms with E-state index < -0.39 is 9.84 Å². The molecule has 1 aliphatic heterocycles. The number of sulfone groups is 1. The van der Waals surface area contributed by atoms with E-state index >= 15 is 0 Å². The molecule has 0 saturated carbocycles. The van der Waals surface area contributed by atoms with Crippen molar-refractivity contribution in [2.24, 2.45) is 5.73 Å². The van der Waals surface area contributed by atoms with Gasteiger partial charge in [-0.2, -0.15) is 0 Å². The van der Waals surface area contributed by atoms with E-state index in [2.05, 4.69) is 4.90 Å². The summed E-state index contributed by atoms with van der Waals surface area (Å²) in [5.41, 5.74) is 6.66. The summed E-state index contributed by atoms with van der Waals surface area (Å²) in [5.74, 6) is 1.41. The van der Waals surface area contributed by atoms with E-state index in [4.69, 9.17) is 10.5 Å². The van der Waals surface area contributed by atoms with E-state index in [1.54, 1.807) is 0 Å². The lowest BCUT2D eigenvalue weighted by molar-refractivity contribution is 0.245. The molecule has 0 radical (unpaired) electrons. The van der Waals surface area contributed by atoms with Gasteiger partial charge in [-0.15, -0.1) is 0 Å². The lowest BCUT2D eigenvalue weighted by atomic mass is 10.2. The fourth-order valence-electron chi connectivity index (χ4n) is 2.26. The standard InChI is InChI=1S/C14H22N2O3S/c15-12-13-4-1-2-5-14(13)19-9-3-6-16-7-10-20(17,18)11-8-16/h1-2,4-5H,3,6-12,15H2. The molecular weight excluding hydrogens is 276 g/mol. The van der Waals surface area contributed by atoms with Gasteiger partial charge in [0.25, 0.3) is 0 Å². The molecule has 2 N–H and O–H groups in total. The zero-order valence-electron chi connectivity index (χ0n) is 11.6. The summed E-state index contributed by atoms with van der Waals surface area (Å²) in [6.45, 7) is 3.25. The topological polar surface area (TPSA) is 72.6 Å². The molecule has 1 heterocycles. The zero-order valence-corrected chi connectivity index (χ0v) is 12.4. The van der Waals surface area contributed by atoms with E-state index in [0.29, 0.717) is 26.2 Å². The van der Waals surface area contributed by atoms with Crippen molar-refractivity contribution in [3.63, 3.8) is 0 Å². The maximum absolute atomic E-state index is 11.3. The summed E-state index contributed by atoms with van der Waals surface area (Å²) < 4.78 is 28.4. The Hall–Kier alpha value is -1.11. The van der Waals surface area contributed by atoms with Crippen LogP contribution in [0.5, 0.6) is 5.75 Å². The van der Waals surface area contributed by atoms with Crippen LogP contribution >= 0.6 is 0 Å². The lowest BCUT2D eigenvalue weighted by Gasteiger charge is -2.26. The van der Waals surface area contributed by atoms with Gasteiger partial charge in [0.1, 0.15) is 5.75 Å². The van der Waals surface area contributed by atoms with Crippen LogP contribution in [0.4, 0.5) is 0 Å². The summed E-state index contributed by atoms with van der Waals surface area (Å²) in [4.78, 5) is 2.18. The third-order valence-electron chi connectivity index (χ3n) is 3.51. The number of nitrogens with two attached hydrogens (primary N) is 1. The number of hydrogen-bond acceptors (Lipinski definition) is 5. The van der Waals surface area contributed by atoms with E-state index in [9.17, 15) is 8.42 Å². The minimum Gasteiger partial charge on any atom is -0.493 e. The molecule has 1 aliphatic rings. The van der Waals surface area contributed by atoms with Crippen LogP contribution in [-0.2, 0) is 16.4 Å². The fraction of sp³-hybridized carbons (Fsp3) is 0.571. The van der Waals surface area contributed by atoms with E-state index in [-0.39, 0.29) is 11.5 Å². The van der Waals surface area contributed by atoms with Crippen LogP contribution < -0.4 is 10.5 Å². The highest BCUT2D eigenvalue weighted by atomic mass is 32.2. The molecule has 1 aromatic carbocycles. The van der Waals surface area contributed by atoms with Gasteiger partial charge >= 0.3 is 0 Å². The maximum atomic E-state index is 11.3. The van der Waals surface area contributed by atoms with Crippen LogP contribution in [0.1, 0.15) is 12.0 Å². The van der Waals surface area contributed by atoms with Crippen molar-refractivity contribution in [2.45, 2.75) is 13.0 Å². The second-order valence-electron chi connectivity index (χ2n) is 5.01. The Morgan fingerprint density at radius 2 is 1.90 bits per heavy atom. The quantitative estimate of drug-likeness (QED) is 0.781. The monoisotopic (exact) mass is 298 g/mol. The van der Waals surface area contributed by atoms with Crippen molar-refractivity contribution in [1.82, 2.24) is 4.90 Å².